The molecule has 1 aliphatic heterocycles. The summed E-state index contributed by atoms with van der Waals surface area (Å²) in [6, 6.07) is 11.7. The first-order valence-electron chi connectivity index (χ1n) is 8.54. The molecule has 0 unspecified atom stereocenters. The summed E-state index contributed by atoms with van der Waals surface area (Å²) >= 11 is 0. The molecule has 0 aliphatic carbocycles. The van der Waals surface area contributed by atoms with Gasteiger partial charge in [-0.05, 0) is 44.2 Å². The molecule has 0 radical (unpaired) electrons. The van der Waals surface area contributed by atoms with Crippen molar-refractivity contribution in [2.45, 2.75) is 18.9 Å². The van der Waals surface area contributed by atoms with E-state index in [2.05, 4.69) is 15.6 Å². The summed E-state index contributed by atoms with van der Waals surface area (Å²) in [5.74, 6) is 1.27. The Morgan fingerprint density at radius 3 is 2.52 bits per heavy atom. The number of pyridine rings is 1. The van der Waals surface area contributed by atoms with E-state index in [1.165, 1.54) is 0 Å². The predicted octanol–water partition coefficient (Wildman–Crippen LogP) is 3.50. The van der Waals surface area contributed by atoms with Crippen molar-refractivity contribution in [3.05, 3.63) is 48.2 Å². The number of nitrogens with zero attached hydrogens (tertiary/aromatic N) is 2. The highest BCUT2D eigenvalue weighted by Crippen LogP contribution is 2.28. The lowest BCUT2D eigenvalue weighted by molar-refractivity contribution is 0.0708. The lowest BCUT2D eigenvalue weighted by Gasteiger charge is -2.32. The van der Waals surface area contributed by atoms with E-state index in [1.54, 1.807) is 19.4 Å². The first-order chi connectivity index (χ1) is 12.2. The number of benzene rings is 1. The third-order valence-electron chi connectivity index (χ3n) is 4.59. The van der Waals surface area contributed by atoms with Gasteiger partial charge in [-0.25, -0.2) is 4.98 Å². The van der Waals surface area contributed by atoms with E-state index in [-0.39, 0.29) is 30.7 Å². The Labute approximate surface area is 172 Å². The van der Waals surface area contributed by atoms with Crippen molar-refractivity contribution in [3.8, 4) is 5.75 Å². The molecular weight excluding hydrogens is 387 g/mol. The van der Waals surface area contributed by atoms with Crippen LogP contribution >= 0.6 is 24.8 Å². The average Bonchev–Trinajstić information content (AvgIpc) is 2.68. The Bertz CT molecular complexity index is 737. The molecule has 2 aromatic rings. The molecule has 2 heterocycles. The van der Waals surface area contributed by atoms with Gasteiger partial charge < -0.3 is 20.3 Å². The normalized spacial score (nSPS) is 13.9. The maximum absolute atomic E-state index is 13.0. The van der Waals surface area contributed by atoms with Gasteiger partial charge in [-0.15, -0.1) is 24.8 Å². The van der Waals surface area contributed by atoms with Gasteiger partial charge in [0, 0.05) is 25.3 Å². The number of halogens is 2. The third kappa shape index (κ3) is 5.48. The molecule has 2 N–H and O–H groups in total. The highest BCUT2D eigenvalue weighted by atomic mass is 35.5. The molecule has 1 aromatic carbocycles. The minimum atomic E-state index is 0. The van der Waals surface area contributed by atoms with Gasteiger partial charge in [0.25, 0.3) is 5.91 Å². The van der Waals surface area contributed by atoms with Gasteiger partial charge in [0.2, 0.25) is 0 Å². The fourth-order valence-corrected chi connectivity index (χ4v) is 3.09. The Morgan fingerprint density at radius 1 is 1.15 bits per heavy atom. The first-order valence-corrected chi connectivity index (χ1v) is 8.54. The Balaban J connectivity index is 0.00000182. The molecule has 1 fully saturated rings. The van der Waals surface area contributed by atoms with E-state index < -0.39 is 0 Å². The largest absolute Gasteiger partial charge is 0.495 e. The first kappa shape index (κ1) is 23.0. The number of amides is 1. The van der Waals surface area contributed by atoms with Gasteiger partial charge in [0.05, 0.1) is 18.4 Å². The second-order valence-corrected chi connectivity index (χ2v) is 6.08. The van der Waals surface area contributed by atoms with Crippen molar-refractivity contribution >= 4 is 42.2 Å². The summed E-state index contributed by atoms with van der Waals surface area (Å²) in [6.07, 6.45) is 3.62. The van der Waals surface area contributed by atoms with Crippen molar-refractivity contribution < 1.29 is 9.53 Å². The van der Waals surface area contributed by atoms with Crippen LogP contribution in [0, 0.1) is 0 Å². The van der Waals surface area contributed by atoms with E-state index in [0.29, 0.717) is 23.2 Å². The summed E-state index contributed by atoms with van der Waals surface area (Å²) in [7, 11) is 3.59. The summed E-state index contributed by atoms with van der Waals surface area (Å²) in [5.41, 5.74) is 1.36. The molecule has 0 atom stereocenters. The van der Waals surface area contributed by atoms with Gasteiger partial charge >= 0.3 is 0 Å². The number of likely N-dealkylation sites (tertiary alicyclic amines) is 1. The lowest BCUT2D eigenvalue weighted by Crippen LogP contribution is -2.44. The van der Waals surface area contributed by atoms with Crippen LogP contribution < -0.4 is 15.4 Å². The molecule has 0 spiro atoms. The second-order valence-electron chi connectivity index (χ2n) is 6.08. The summed E-state index contributed by atoms with van der Waals surface area (Å²) < 4.78 is 5.37. The fraction of sp³-hybridized carbons (Fsp3) is 0.368. The number of ether oxygens (including phenoxy) is 1. The number of carbonyl (C=O) groups excluding carboxylic acids is 1. The number of aromatic nitrogens is 1. The van der Waals surface area contributed by atoms with Crippen molar-refractivity contribution in [2.75, 3.05) is 32.6 Å². The third-order valence-corrected chi connectivity index (χ3v) is 4.59. The summed E-state index contributed by atoms with van der Waals surface area (Å²) in [4.78, 5) is 19.2. The van der Waals surface area contributed by atoms with Crippen molar-refractivity contribution in [2.24, 2.45) is 0 Å². The molecule has 148 valence electrons. The van der Waals surface area contributed by atoms with E-state index in [0.717, 1.165) is 31.6 Å². The lowest BCUT2D eigenvalue weighted by atomic mass is 10.0. The highest BCUT2D eigenvalue weighted by molar-refractivity contribution is 5.99. The monoisotopic (exact) mass is 412 g/mol. The molecule has 6 nitrogen and oxygen atoms in total. The minimum Gasteiger partial charge on any atom is -0.495 e. The molecule has 0 saturated carbocycles. The topological polar surface area (TPSA) is 66.5 Å². The average molecular weight is 413 g/mol. The standard InChI is InChI=1S/C19H24N4O2.2ClH/c1-20-14-9-12-23(13-10-14)19(24)15-6-5-11-21-18(15)22-16-7-3-4-8-17(16)25-2;;/h3-8,11,14,20H,9-10,12-13H2,1-2H3,(H,21,22);2*1H. The minimum absolute atomic E-state index is 0. The smallest absolute Gasteiger partial charge is 0.257 e. The summed E-state index contributed by atoms with van der Waals surface area (Å²) in [5, 5.41) is 6.52. The van der Waals surface area contributed by atoms with Crippen LogP contribution in [0.2, 0.25) is 0 Å². The van der Waals surface area contributed by atoms with Crippen LogP contribution in [-0.4, -0.2) is 49.1 Å². The second kappa shape index (κ2) is 11.0. The van der Waals surface area contributed by atoms with Gasteiger partial charge in [0.15, 0.2) is 0 Å². The zero-order chi connectivity index (χ0) is 17.6. The number of rotatable bonds is 5. The molecule has 3 rings (SSSR count). The van der Waals surface area contributed by atoms with E-state index >= 15 is 0 Å². The number of piperidine rings is 1. The molecule has 1 aliphatic rings. The maximum Gasteiger partial charge on any atom is 0.257 e. The summed E-state index contributed by atoms with van der Waals surface area (Å²) in [6.45, 7) is 1.51. The molecule has 8 heteroatoms. The molecule has 0 bridgehead atoms. The van der Waals surface area contributed by atoms with Crippen molar-refractivity contribution in [1.82, 2.24) is 15.2 Å². The SMILES string of the molecule is CNC1CCN(C(=O)c2cccnc2Nc2ccccc2OC)CC1.Cl.Cl. The maximum atomic E-state index is 13.0. The Hall–Kier alpha value is -2.02. The Morgan fingerprint density at radius 2 is 1.85 bits per heavy atom. The van der Waals surface area contributed by atoms with Crippen LogP contribution in [0.4, 0.5) is 11.5 Å². The van der Waals surface area contributed by atoms with E-state index in [1.807, 2.05) is 42.3 Å². The molecule has 1 saturated heterocycles. The van der Waals surface area contributed by atoms with Crippen molar-refractivity contribution in [3.63, 3.8) is 0 Å². The van der Waals surface area contributed by atoms with Crippen LogP contribution in [0.5, 0.6) is 5.75 Å². The van der Waals surface area contributed by atoms with E-state index in [9.17, 15) is 4.79 Å². The number of hydrogen-bond donors (Lipinski definition) is 2. The number of methoxy groups -OCH3 is 1. The zero-order valence-electron chi connectivity index (χ0n) is 15.5. The van der Waals surface area contributed by atoms with Crippen LogP contribution in [0.25, 0.3) is 0 Å². The molecule has 27 heavy (non-hydrogen) atoms. The number of carbonyl (C=O) groups is 1. The van der Waals surface area contributed by atoms with Gasteiger partial charge in [-0.1, -0.05) is 12.1 Å². The number of anilines is 2. The van der Waals surface area contributed by atoms with Crippen LogP contribution in [0.1, 0.15) is 23.2 Å². The number of nitrogens with one attached hydrogen (secondary N) is 2. The number of para-hydroxylation sites is 2. The zero-order valence-corrected chi connectivity index (χ0v) is 17.1. The van der Waals surface area contributed by atoms with Gasteiger partial charge in [-0.3, -0.25) is 4.79 Å². The molecule has 1 amide bonds. The number of hydrogen-bond acceptors (Lipinski definition) is 5. The Kier molecular flexibility index (Phi) is 9.35. The van der Waals surface area contributed by atoms with E-state index in [4.69, 9.17) is 4.74 Å². The molecule has 1 aromatic heterocycles. The highest BCUT2D eigenvalue weighted by Gasteiger charge is 2.24. The quantitative estimate of drug-likeness (QED) is 0.786. The predicted molar refractivity (Wildman–Crippen MR) is 113 cm³/mol. The van der Waals surface area contributed by atoms with Gasteiger partial charge in [0.1, 0.15) is 11.6 Å². The molecular formula is C19H26Cl2N4O2. The van der Waals surface area contributed by atoms with Crippen LogP contribution in [0.15, 0.2) is 42.6 Å². The fourth-order valence-electron chi connectivity index (χ4n) is 3.09. The van der Waals surface area contributed by atoms with Crippen LogP contribution in [0.3, 0.4) is 0 Å². The van der Waals surface area contributed by atoms with Crippen LogP contribution in [-0.2, 0) is 0 Å². The van der Waals surface area contributed by atoms with Gasteiger partial charge in [-0.2, -0.15) is 0 Å². The van der Waals surface area contributed by atoms with Crippen molar-refractivity contribution in [1.29, 1.82) is 0 Å².